The Morgan fingerprint density at radius 3 is 2.27 bits per heavy atom. The number of rotatable bonds is 8. The summed E-state index contributed by atoms with van der Waals surface area (Å²) in [6.45, 7) is 1.58. The van der Waals surface area contributed by atoms with E-state index in [4.69, 9.17) is 14.2 Å². The van der Waals surface area contributed by atoms with Gasteiger partial charge in [-0.05, 0) is 19.1 Å². The van der Waals surface area contributed by atoms with E-state index in [9.17, 15) is 18.0 Å². The van der Waals surface area contributed by atoms with Crippen molar-refractivity contribution in [1.82, 2.24) is 24.5 Å². The van der Waals surface area contributed by atoms with Gasteiger partial charge < -0.3 is 14.2 Å². The van der Waals surface area contributed by atoms with Crippen LogP contribution in [0.3, 0.4) is 0 Å². The zero-order chi connectivity index (χ0) is 24.0. The first-order valence-electron chi connectivity index (χ1n) is 9.40. The van der Waals surface area contributed by atoms with E-state index in [0.717, 1.165) is 10.9 Å². The molecule has 0 saturated carbocycles. The Balaban J connectivity index is 1.95. The molecule has 0 unspecified atom stereocenters. The van der Waals surface area contributed by atoms with E-state index in [-0.39, 0.29) is 29.9 Å². The minimum Gasteiger partial charge on any atom is -0.481 e. The third kappa shape index (κ3) is 5.35. The van der Waals surface area contributed by atoms with Gasteiger partial charge in [0.05, 0.1) is 38.8 Å². The molecule has 13 nitrogen and oxygen atoms in total. The lowest BCUT2D eigenvalue weighted by Crippen LogP contribution is -2.36. The summed E-state index contributed by atoms with van der Waals surface area (Å²) in [5.41, 5.74) is -0.00463. The number of esters is 1. The van der Waals surface area contributed by atoms with Gasteiger partial charge in [0, 0.05) is 0 Å². The number of amides is 2. The molecule has 33 heavy (non-hydrogen) atoms. The van der Waals surface area contributed by atoms with Crippen LogP contribution in [0.5, 0.6) is 11.8 Å². The third-order valence-corrected chi connectivity index (χ3v) is 5.38. The van der Waals surface area contributed by atoms with E-state index in [1.165, 1.54) is 20.3 Å². The van der Waals surface area contributed by atoms with Crippen LogP contribution in [-0.2, 0) is 14.8 Å². The molecule has 1 aromatic carbocycles. The average molecular weight is 476 g/mol. The van der Waals surface area contributed by atoms with Gasteiger partial charge in [-0.2, -0.15) is 23.5 Å². The molecule has 0 saturated heterocycles. The van der Waals surface area contributed by atoms with Gasteiger partial charge in [0.1, 0.15) is 5.56 Å². The number of urea groups is 1. The standard InChI is InChI=1S/C19H20N6O7S/c1-4-32-17(26)13-11-20-25(12-8-6-5-7-9-12)16(13)33(28,29)24-19(27)23-18-21-14(30-2)10-15(22-18)31-3/h5-11H,4H2,1-3H3,(H2,21,22,23,24,27). The molecule has 0 bridgehead atoms. The summed E-state index contributed by atoms with van der Waals surface area (Å²) in [6, 6.07) is 8.37. The number of ether oxygens (including phenoxy) is 3. The number of nitrogens with zero attached hydrogens (tertiary/aromatic N) is 4. The summed E-state index contributed by atoms with van der Waals surface area (Å²) >= 11 is 0. The number of hydrogen-bond acceptors (Lipinski definition) is 10. The molecule has 0 aliphatic heterocycles. The molecule has 2 aromatic heterocycles. The number of aromatic nitrogens is 4. The molecule has 2 N–H and O–H groups in total. The Bertz CT molecular complexity index is 1240. The van der Waals surface area contributed by atoms with Gasteiger partial charge in [-0.25, -0.2) is 19.0 Å². The number of benzene rings is 1. The van der Waals surface area contributed by atoms with Crippen LogP contribution in [-0.4, -0.2) is 61.0 Å². The molecule has 0 radical (unpaired) electrons. The van der Waals surface area contributed by atoms with Crippen molar-refractivity contribution in [1.29, 1.82) is 0 Å². The molecule has 0 atom stereocenters. The van der Waals surface area contributed by atoms with Crippen molar-refractivity contribution in [2.75, 3.05) is 26.1 Å². The number of carbonyl (C=O) groups is 2. The van der Waals surface area contributed by atoms with E-state index >= 15 is 0 Å². The lowest BCUT2D eigenvalue weighted by molar-refractivity contribution is 0.0521. The van der Waals surface area contributed by atoms with Gasteiger partial charge in [-0.15, -0.1) is 0 Å². The highest BCUT2D eigenvalue weighted by Gasteiger charge is 2.31. The first-order chi connectivity index (χ1) is 15.8. The summed E-state index contributed by atoms with van der Waals surface area (Å²) in [7, 11) is -1.93. The van der Waals surface area contributed by atoms with Crippen LogP contribution in [0.15, 0.2) is 47.6 Å². The first kappa shape index (κ1) is 23.5. The lowest BCUT2D eigenvalue weighted by atomic mass is 10.3. The second-order valence-electron chi connectivity index (χ2n) is 6.17. The summed E-state index contributed by atoms with van der Waals surface area (Å²) < 4.78 is 44.0. The number of nitrogens with one attached hydrogen (secondary N) is 2. The molecule has 2 heterocycles. The lowest BCUT2D eigenvalue weighted by Gasteiger charge is -2.12. The fraction of sp³-hybridized carbons (Fsp3) is 0.211. The topological polar surface area (TPSA) is 164 Å². The third-order valence-electron chi connectivity index (χ3n) is 4.03. The molecule has 14 heteroatoms. The van der Waals surface area contributed by atoms with E-state index in [1.54, 1.807) is 37.3 Å². The highest BCUT2D eigenvalue weighted by atomic mass is 32.2. The van der Waals surface area contributed by atoms with Gasteiger partial charge in [0.25, 0.3) is 10.0 Å². The number of sulfonamides is 1. The van der Waals surface area contributed by atoms with E-state index in [1.807, 2.05) is 4.72 Å². The van der Waals surface area contributed by atoms with Crippen LogP contribution < -0.4 is 19.5 Å². The number of anilines is 1. The second-order valence-corrected chi connectivity index (χ2v) is 7.76. The first-order valence-corrected chi connectivity index (χ1v) is 10.9. The van der Waals surface area contributed by atoms with Gasteiger partial charge in [0.15, 0.2) is 5.03 Å². The highest BCUT2D eigenvalue weighted by molar-refractivity contribution is 7.90. The van der Waals surface area contributed by atoms with E-state index in [2.05, 4.69) is 20.4 Å². The van der Waals surface area contributed by atoms with Crippen LogP contribution in [0.4, 0.5) is 10.7 Å². The summed E-state index contributed by atoms with van der Waals surface area (Å²) in [5.74, 6) is -1.04. The minimum atomic E-state index is -4.62. The maximum atomic E-state index is 13.1. The monoisotopic (exact) mass is 476 g/mol. The van der Waals surface area contributed by atoms with Crippen molar-refractivity contribution in [3.63, 3.8) is 0 Å². The zero-order valence-corrected chi connectivity index (χ0v) is 18.6. The van der Waals surface area contributed by atoms with Crippen LogP contribution in [0.1, 0.15) is 17.3 Å². The Kier molecular flexibility index (Phi) is 7.07. The molecule has 0 fully saturated rings. The van der Waals surface area contributed by atoms with E-state index in [0.29, 0.717) is 5.69 Å². The average Bonchev–Trinajstić information content (AvgIpc) is 3.25. The number of para-hydroxylation sites is 1. The molecular weight excluding hydrogens is 456 g/mol. The smallest absolute Gasteiger partial charge is 0.342 e. The molecule has 3 aromatic rings. The number of methoxy groups -OCH3 is 2. The Labute approximate surface area is 188 Å². The highest BCUT2D eigenvalue weighted by Crippen LogP contribution is 2.22. The largest absolute Gasteiger partial charge is 0.481 e. The molecule has 2 amide bonds. The second kappa shape index (κ2) is 9.95. The fourth-order valence-corrected chi connectivity index (χ4v) is 3.86. The molecule has 174 valence electrons. The summed E-state index contributed by atoms with van der Waals surface area (Å²) in [5, 5.41) is 5.61. The quantitative estimate of drug-likeness (QED) is 0.454. The SMILES string of the molecule is CCOC(=O)c1cnn(-c2ccccc2)c1S(=O)(=O)NC(=O)Nc1nc(OC)cc(OC)n1. The van der Waals surface area contributed by atoms with Crippen molar-refractivity contribution in [2.45, 2.75) is 11.9 Å². The minimum absolute atomic E-state index is 0.0117. The maximum Gasteiger partial charge on any atom is 0.342 e. The zero-order valence-electron chi connectivity index (χ0n) is 17.8. The fourth-order valence-electron chi connectivity index (χ4n) is 2.66. The van der Waals surface area contributed by atoms with Crippen molar-refractivity contribution >= 4 is 28.0 Å². The summed E-state index contributed by atoms with van der Waals surface area (Å²) in [4.78, 5) is 32.6. The van der Waals surface area contributed by atoms with E-state index < -0.39 is 27.0 Å². The number of hydrogen-bond donors (Lipinski definition) is 2. The van der Waals surface area contributed by atoms with Crippen LogP contribution >= 0.6 is 0 Å². The summed E-state index contributed by atoms with van der Waals surface area (Å²) in [6.07, 6.45) is 1.05. The van der Waals surface area contributed by atoms with Crippen molar-refractivity contribution < 1.29 is 32.2 Å². The van der Waals surface area contributed by atoms with Gasteiger partial charge in [-0.3, -0.25) is 5.32 Å². The van der Waals surface area contributed by atoms with Gasteiger partial charge >= 0.3 is 12.0 Å². The predicted octanol–water partition coefficient (Wildman–Crippen LogP) is 1.37. The normalized spacial score (nSPS) is 10.9. The van der Waals surface area contributed by atoms with Crippen molar-refractivity contribution in [2.24, 2.45) is 0 Å². The van der Waals surface area contributed by atoms with Gasteiger partial charge in [-0.1, -0.05) is 18.2 Å². The van der Waals surface area contributed by atoms with Crippen LogP contribution in [0.2, 0.25) is 0 Å². The van der Waals surface area contributed by atoms with Crippen molar-refractivity contribution in [3.05, 3.63) is 48.2 Å². The molecule has 0 aliphatic carbocycles. The van der Waals surface area contributed by atoms with Crippen LogP contribution in [0, 0.1) is 0 Å². The maximum absolute atomic E-state index is 13.1. The molecule has 0 aliphatic rings. The van der Waals surface area contributed by atoms with Gasteiger partial charge in [0.2, 0.25) is 17.7 Å². The predicted molar refractivity (Wildman–Crippen MR) is 114 cm³/mol. The van der Waals surface area contributed by atoms with Crippen LogP contribution in [0.25, 0.3) is 5.69 Å². The molecular formula is C19H20N6O7S. The Hall–Kier alpha value is -4.20. The Morgan fingerprint density at radius 1 is 1.06 bits per heavy atom. The molecule has 0 spiro atoms. The molecule has 3 rings (SSSR count). The number of carbonyl (C=O) groups excluding carboxylic acids is 2. The Morgan fingerprint density at radius 2 is 1.70 bits per heavy atom. The van der Waals surface area contributed by atoms with Crippen molar-refractivity contribution in [3.8, 4) is 17.4 Å².